The van der Waals surface area contributed by atoms with Crippen molar-refractivity contribution in [2.24, 2.45) is 5.92 Å². The van der Waals surface area contributed by atoms with E-state index in [1.807, 2.05) is 0 Å². The number of ketones is 2. The number of benzene rings is 2. The molecule has 2 aliphatic rings. The van der Waals surface area contributed by atoms with E-state index in [2.05, 4.69) is 33.9 Å². The van der Waals surface area contributed by atoms with Crippen LogP contribution in [0.5, 0.6) is 17.2 Å². The van der Waals surface area contributed by atoms with Crippen molar-refractivity contribution in [2.45, 2.75) is 70.9 Å². The minimum absolute atomic E-state index is 0.0526. The number of carbonyl (C=O) groups is 2. The molecule has 0 aromatic heterocycles. The summed E-state index contributed by atoms with van der Waals surface area (Å²) in [7, 11) is 0.580. The molecule has 2 aromatic carbocycles. The summed E-state index contributed by atoms with van der Waals surface area (Å²) in [6.07, 6.45) is -0.320. The SMILES string of the molecule is COc1cccc2c1C(=O)c1c(O)c3c(c(OC)c1C2=O)C[C@H](C(C)O)C[C@H]3O[Si](C)(C)C(C)(C)C. The van der Waals surface area contributed by atoms with Gasteiger partial charge in [0.05, 0.1) is 43.1 Å². The summed E-state index contributed by atoms with van der Waals surface area (Å²) in [5, 5.41) is 22.1. The molecule has 2 aromatic rings. The molecule has 4 rings (SSSR count). The molecule has 36 heavy (non-hydrogen) atoms. The molecule has 3 atom stereocenters. The second-order valence-electron chi connectivity index (χ2n) is 11.4. The Morgan fingerprint density at radius 1 is 1.03 bits per heavy atom. The molecule has 0 radical (unpaired) electrons. The predicted octanol–water partition coefficient (Wildman–Crippen LogP) is 5.19. The van der Waals surface area contributed by atoms with Gasteiger partial charge in [-0.1, -0.05) is 32.9 Å². The van der Waals surface area contributed by atoms with E-state index >= 15 is 0 Å². The number of hydrogen-bond acceptors (Lipinski definition) is 7. The average Bonchev–Trinajstić information content (AvgIpc) is 2.80. The first kappa shape index (κ1) is 26.4. The molecule has 0 amide bonds. The molecular formula is C28H36O7Si. The van der Waals surface area contributed by atoms with Crippen LogP contribution in [-0.2, 0) is 10.8 Å². The Morgan fingerprint density at radius 2 is 1.69 bits per heavy atom. The minimum Gasteiger partial charge on any atom is -0.507 e. The quantitative estimate of drug-likeness (QED) is 0.454. The van der Waals surface area contributed by atoms with Gasteiger partial charge in [0.1, 0.15) is 17.2 Å². The summed E-state index contributed by atoms with van der Waals surface area (Å²) >= 11 is 0. The molecule has 0 bridgehead atoms. The first-order valence-electron chi connectivity index (χ1n) is 12.3. The van der Waals surface area contributed by atoms with Crippen molar-refractivity contribution in [2.75, 3.05) is 14.2 Å². The van der Waals surface area contributed by atoms with Gasteiger partial charge in [0.2, 0.25) is 5.78 Å². The number of fused-ring (bicyclic) bond motifs is 3. The number of carbonyl (C=O) groups excluding carboxylic acids is 2. The average molecular weight is 513 g/mol. The van der Waals surface area contributed by atoms with Crippen LogP contribution in [0.2, 0.25) is 18.1 Å². The number of aliphatic hydroxyl groups is 1. The molecule has 7 nitrogen and oxygen atoms in total. The molecule has 0 saturated heterocycles. The van der Waals surface area contributed by atoms with Crippen LogP contribution in [0.25, 0.3) is 0 Å². The number of phenols is 1. The zero-order chi connectivity index (χ0) is 26.7. The highest BCUT2D eigenvalue weighted by atomic mass is 28.4. The summed E-state index contributed by atoms with van der Waals surface area (Å²) in [6.45, 7) is 12.4. The van der Waals surface area contributed by atoms with Gasteiger partial charge < -0.3 is 24.1 Å². The van der Waals surface area contributed by atoms with Crippen LogP contribution in [0.15, 0.2) is 18.2 Å². The second kappa shape index (κ2) is 9.01. The number of ether oxygens (including phenoxy) is 2. The number of phenolic OH excluding ortho intramolecular Hbond substituents is 1. The van der Waals surface area contributed by atoms with Gasteiger partial charge in [-0.3, -0.25) is 9.59 Å². The summed E-state index contributed by atoms with van der Waals surface area (Å²) in [4.78, 5) is 27.5. The number of hydrogen-bond donors (Lipinski definition) is 2. The fourth-order valence-corrected chi connectivity index (χ4v) is 6.40. The highest BCUT2D eigenvalue weighted by molar-refractivity contribution is 6.74. The van der Waals surface area contributed by atoms with Crippen LogP contribution in [0.1, 0.15) is 83.2 Å². The smallest absolute Gasteiger partial charge is 0.202 e. The van der Waals surface area contributed by atoms with Crippen molar-refractivity contribution >= 4 is 19.9 Å². The van der Waals surface area contributed by atoms with Crippen molar-refractivity contribution in [3.8, 4) is 17.2 Å². The van der Waals surface area contributed by atoms with Gasteiger partial charge in [0, 0.05) is 16.7 Å². The van der Waals surface area contributed by atoms with Gasteiger partial charge in [-0.15, -0.1) is 0 Å². The highest BCUT2D eigenvalue weighted by Crippen LogP contribution is 2.53. The lowest BCUT2D eigenvalue weighted by Crippen LogP contribution is -2.43. The van der Waals surface area contributed by atoms with E-state index in [1.165, 1.54) is 14.2 Å². The molecule has 2 N–H and O–H groups in total. The topological polar surface area (TPSA) is 102 Å². The Labute approximate surface area is 213 Å². The zero-order valence-electron chi connectivity index (χ0n) is 22.3. The molecule has 1 unspecified atom stereocenters. The van der Waals surface area contributed by atoms with Gasteiger partial charge in [-0.2, -0.15) is 0 Å². The highest BCUT2D eigenvalue weighted by Gasteiger charge is 2.46. The van der Waals surface area contributed by atoms with Crippen LogP contribution >= 0.6 is 0 Å². The first-order chi connectivity index (χ1) is 16.7. The Hall–Kier alpha value is -2.68. The Bertz CT molecular complexity index is 1240. The van der Waals surface area contributed by atoms with Crippen molar-refractivity contribution in [3.63, 3.8) is 0 Å². The third kappa shape index (κ3) is 3.95. The molecule has 194 valence electrons. The van der Waals surface area contributed by atoms with E-state index in [-0.39, 0.29) is 50.5 Å². The van der Waals surface area contributed by atoms with Crippen molar-refractivity contribution in [3.05, 3.63) is 51.6 Å². The molecular weight excluding hydrogens is 476 g/mol. The van der Waals surface area contributed by atoms with Crippen LogP contribution in [0, 0.1) is 5.92 Å². The maximum absolute atomic E-state index is 13.8. The molecule has 0 spiro atoms. The van der Waals surface area contributed by atoms with Crippen molar-refractivity contribution in [1.29, 1.82) is 0 Å². The van der Waals surface area contributed by atoms with Gasteiger partial charge in [-0.05, 0) is 49.9 Å². The van der Waals surface area contributed by atoms with E-state index in [0.29, 0.717) is 24.0 Å². The minimum atomic E-state index is -2.32. The lowest BCUT2D eigenvalue weighted by atomic mass is 9.73. The van der Waals surface area contributed by atoms with E-state index in [0.717, 1.165) is 0 Å². The Balaban J connectivity index is 2.01. The lowest BCUT2D eigenvalue weighted by Gasteiger charge is -2.43. The number of aromatic hydroxyl groups is 1. The molecule has 0 heterocycles. The Kier molecular flexibility index (Phi) is 6.60. The first-order valence-corrected chi connectivity index (χ1v) is 15.2. The molecule has 0 saturated carbocycles. The largest absolute Gasteiger partial charge is 0.507 e. The van der Waals surface area contributed by atoms with Crippen LogP contribution < -0.4 is 9.47 Å². The van der Waals surface area contributed by atoms with E-state index in [9.17, 15) is 19.8 Å². The fourth-order valence-electron chi connectivity index (χ4n) is 5.12. The van der Waals surface area contributed by atoms with Crippen LogP contribution in [0.3, 0.4) is 0 Å². The lowest BCUT2D eigenvalue weighted by molar-refractivity contribution is 0.0640. The maximum atomic E-state index is 13.8. The van der Waals surface area contributed by atoms with Gasteiger partial charge in [-0.25, -0.2) is 0 Å². The van der Waals surface area contributed by atoms with Gasteiger partial charge >= 0.3 is 0 Å². The summed E-state index contributed by atoms with van der Waals surface area (Å²) in [6, 6.07) is 4.86. The third-order valence-corrected chi connectivity index (χ3v) is 12.7. The van der Waals surface area contributed by atoms with Crippen molar-refractivity contribution < 1.29 is 33.7 Å². The number of rotatable bonds is 5. The molecule has 8 heteroatoms. The van der Waals surface area contributed by atoms with Gasteiger partial charge in [0.25, 0.3) is 0 Å². The van der Waals surface area contributed by atoms with Gasteiger partial charge in [0.15, 0.2) is 14.1 Å². The monoisotopic (exact) mass is 512 g/mol. The van der Waals surface area contributed by atoms with E-state index < -0.39 is 32.1 Å². The summed E-state index contributed by atoms with van der Waals surface area (Å²) in [5.41, 5.74) is 1.41. The summed E-state index contributed by atoms with van der Waals surface area (Å²) in [5.74, 6) is -0.771. The van der Waals surface area contributed by atoms with E-state index in [4.69, 9.17) is 13.9 Å². The summed E-state index contributed by atoms with van der Waals surface area (Å²) < 4.78 is 18.0. The third-order valence-electron chi connectivity index (χ3n) is 8.17. The number of methoxy groups -OCH3 is 2. The maximum Gasteiger partial charge on any atom is 0.202 e. The molecule has 0 fully saturated rings. The second-order valence-corrected chi connectivity index (χ2v) is 16.1. The predicted molar refractivity (Wildman–Crippen MR) is 139 cm³/mol. The zero-order valence-corrected chi connectivity index (χ0v) is 23.3. The normalized spacial score (nSPS) is 20.4. The van der Waals surface area contributed by atoms with Crippen LogP contribution in [0.4, 0.5) is 0 Å². The molecule has 0 aliphatic heterocycles. The number of aliphatic hydroxyl groups excluding tert-OH is 1. The van der Waals surface area contributed by atoms with Crippen LogP contribution in [-0.4, -0.2) is 50.4 Å². The van der Waals surface area contributed by atoms with E-state index in [1.54, 1.807) is 25.1 Å². The fraction of sp³-hybridized carbons (Fsp3) is 0.500. The standard InChI is InChI=1S/C28H36O7Si/c1-14(29)15-12-17-21(19(13-15)35-36(7,8)28(2,3)4)26(32)22-23(27(17)34-6)24(30)16-10-9-11-18(33-5)20(16)25(22)31/h9-11,14-15,19,29,32H,12-13H2,1-8H3/t14?,15-,19+/m0/s1. The molecule has 2 aliphatic carbocycles. The Morgan fingerprint density at radius 3 is 2.25 bits per heavy atom. The van der Waals surface area contributed by atoms with Crippen molar-refractivity contribution in [1.82, 2.24) is 0 Å².